The predicted octanol–water partition coefficient (Wildman–Crippen LogP) is 2.85. The number of hydrogen-bond donors (Lipinski definition) is 0. The van der Waals surface area contributed by atoms with Crippen molar-refractivity contribution in [3.8, 4) is 0 Å². The smallest absolute Gasteiger partial charge is 0.00300 e. The van der Waals surface area contributed by atoms with Gasteiger partial charge in [0.15, 0.2) is 0 Å². The summed E-state index contributed by atoms with van der Waals surface area (Å²) in [5, 5.41) is 0. The van der Waals surface area contributed by atoms with Crippen LogP contribution in [0.15, 0.2) is 11.1 Å². The fraction of sp³-hybridized carbons (Fsp3) is 0.750. The van der Waals surface area contributed by atoms with Gasteiger partial charge in [-0.25, -0.2) is 0 Å². The van der Waals surface area contributed by atoms with Crippen LogP contribution in [0.5, 0.6) is 0 Å². The van der Waals surface area contributed by atoms with Crippen LogP contribution >= 0.6 is 11.8 Å². The number of thioether (sulfide) groups is 1. The van der Waals surface area contributed by atoms with Crippen LogP contribution in [0, 0.1) is 0 Å². The fourth-order valence-electron chi connectivity index (χ4n) is 1.12. The first kappa shape index (κ1) is 7.20. The van der Waals surface area contributed by atoms with Gasteiger partial charge in [0.05, 0.1) is 0 Å². The Hall–Kier alpha value is 0.0900. The lowest BCUT2D eigenvalue weighted by Crippen LogP contribution is -1.99. The van der Waals surface area contributed by atoms with Crippen LogP contribution in [0.4, 0.5) is 0 Å². The summed E-state index contributed by atoms with van der Waals surface area (Å²) in [7, 11) is 0. The van der Waals surface area contributed by atoms with Gasteiger partial charge in [-0.1, -0.05) is 11.1 Å². The van der Waals surface area contributed by atoms with E-state index in [1.807, 2.05) is 0 Å². The third-order valence-corrected chi connectivity index (χ3v) is 2.79. The highest BCUT2D eigenvalue weighted by molar-refractivity contribution is 7.99. The molecule has 0 atom stereocenters. The summed E-state index contributed by atoms with van der Waals surface area (Å²) in [6.45, 7) is 4.46. The predicted molar refractivity (Wildman–Crippen MR) is 44.9 cm³/mol. The molecule has 1 rings (SSSR count). The summed E-state index contributed by atoms with van der Waals surface area (Å²) in [4.78, 5) is 0. The number of rotatable bonds is 0. The summed E-state index contributed by atoms with van der Waals surface area (Å²) in [6, 6.07) is 0. The fourth-order valence-corrected chi connectivity index (χ4v) is 2.10. The summed E-state index contributed by atoms with van der Waals surface area (Å²) >= 11 is 2.08. The quantitative estimate of drug-likeness (QED) is 0.469. The topological polar surface area (TPSA) is 0 Å². The van der Waals surface area contributed by atoms with E-state index in [4.69, 9.17) is 0 Å². The van der Waals surface area contributed by atoms with E-state index < -0.39 is 0 Å². The Morgan fingerprint density at radius 1 is 1.22 bits per heavy atom. The van der Waals surface area contributed by atoms with E-state index in [0.717, 1.165) is 0 Å². The molecule has 0 nitrogen and oxygen atoms in total. The second-order valence-electron chi connectivity index (χ2n) is 2.72. The molecule has 1 heteroatoms. The Bertz CT molecular complexity index is 113. The van der Waals surface area contributed by atoms with Gasteiger partial charge >= 0.3 is 0 Å². The molecule has 1 aliphatic heterocycles. The van der Waals surface area contributed by atoms with Gasteiger partial charge < -0.3 is 0 Å². The van der Waals surface area contributed by atoms with E-state index in [0.29, 0.717) is 0 Å². The lowest BCUT2D eigenvalue weighted by Gasteiger charge is -2.14. The molecule has 9 heavy (non-hydrogen) atoms. The van der Waals surface area contributed by atoms with Crippen molar-refractivity contribution in [2.75, 3.05) is 11.5 Å². The average molecular weight is 142 g/mol. The normalized spacial score (nSPS) is 20.0. The molecule has 0 bridgehead atoms. The van der Waals surface area contributed by atoms with Gasteiger partial charge in [0.1, 0.15) is 0 Å². The maximum Gasteiger partial charge on any atom is -0.00300 e. The van der Waals surface area contributed by atoms with Crippen LogP contribution in [-0.4, -0.2) is 11.5 Å². The SMILES string of the molecule is CC(C)=C1CCSCC1. The minimum atomic E-state index is 1.34. The summed E-state index contributed by atoms with van der Waals surface area (Å²) < 4.78 is 0. The lowest BCUT2D eigenvalue weighted by molar-refractivity contribution is 0.935. The molecule has 0 aromatic rings. The maximum absolute atomic E-state index is 2.23. The molecule has 1 aliphatic rings. The molecule has 52 valence electrons. The largest absolute Gasteiger partial charge is 0.161 e. The van der Waals surface area contributed by atoms with Gasteiger partial charge in [0, 0.05) is 0 Å². The molecule has 0 unspecified atom stereocenters. The van der Waals surface area contributed by atoms with Crippen LogP contribution in [-0.2, 0) is 0 Å². The summed E-state index contributed by atoms with van der Waals surface area (Å²) in [5.41, 5.74) is 3.25. The van der Waals surface area contributed by atoms with E-state index >= 15 is 0 Å². The number of allylic oxidation sites excluding steroid dienone is 2. The van der Waals surface area contributed by atoms with E-state index in [1.54, 1.807) is 11.1 Å². The van der Waals surface area contributed by atoms with Crippen molar-refractivity contribution >= 4 is 11.8 Å². The van der Waals surface area contributed by atoms with E-state index in [-0.39, 0.29) is 0 Å². The zero-order valence-electron chi connectivity index (χ0n) is 6.24. The van der Waals surface area contributed by atoms with Crippen molar-refractivity contribution < 1.29 is 0 Å². The average Bonchev–Trinajstić information content (AvgIpc) is 1.90. The van der Waals surface area contributed by atoms with Crippen molar-refractivity contribution in [1.29, 1.82) is 0 Å². The monoisotopic (exact) mass is 142 g/mol. The molecular formula is C8H14S. The Balaban J connectivity index is 2.49. The molecule has 0 aliphatic carbocycles. The molecule has 0 saturated carbocycles. The summed E-state index contributed by atoms with van der Waals surface area (Å²) in [6.07, 6.45) is 2.68. The lowest BCUT2D eigenvalue weighted by atomic mass is 10.1. The molecule has 1 saturated heterocycles. The Labute approximate surface area is 61.7 Å². The standard InChI is InChI=1S/C8H14S/c1-7(2)8-3-5-9-6-4-8/h3-6H2,1-2H3. The first-order valence-corrected chi connectivity index (χ1v) is 4.69. The molecule has 0 spiro atoms. The van der Waals surface area contributed by atoms with Crippen LogP contribution in [0.2, 0.25) is 0 Å². The Morgan fingerprint density at radius 2 is 1.78 bits per heavy atom. The van der Waals surface area contributed by atoms with Gasteiger partial charge in [-0.15, -0.1) is 0 Å². The van der Waals surface area contributed by atoms with Gasteiger partial charge in [0.25, 0.3) is 0 Å². The molecule has 1 fully saturated rings. The van der Waals surface area contributed by atoms with Crippen molar-refractivity contribution in [3.05, 3.63) is 11.1 Å². The van der Waals surface area contributed by atoms with E-state index in [2.05, 4.69) is 25.6 Å². The Morgan fingerprint density at radius 3 is 2.11 bits per heavy atom. The van der Waals surface area contributed by atoms with Gasteiger partial charge in [-0.05, 0) is 38.2 Å². The van der Waals surface area contributed by atoms with Crippen LogP contribution in [0.1, 0.15) is 26.7 Å². The number of hydrogen-bond acceptors (Lipinski definition) is 1. The van der Waals surface area contributed by atoms with Crippen molar-refractivity contribution in [2.24, 2.45) is 0 Å². The minimum Gasteiger partial charge on any atom is -0.161 e. The van der Waals surface area contributed by atoms with Crippen LogP contribution < -0.4 is 0 Å². The van der Waals surface area contributed by atoms with E-state index in [9.17, 15) is 0 Å². The van der Waals surface area contributed by atoms with Crippen molar-refractivity contribution in [2.45, 2.75) is 26.7 Å². The first-order chi connectivity index (χ1) is 4.30. The molecule has 0 radical (unpaired) electrons. The molecule has 1 heterocycles. The highest BCUT2D eigenvalue weighted by Crippen LogP contribution is 2.23. The third-order valence-electron chi connectivity index (χ3n) is 1.80. The van der Waals surface area contributed by atoms with Crippen molar-refractivity contribution in [3.63, 3.8) is 0 Å². The van der Waals surface area contributed by atoms with E-state index in [1.165, 1.54) is 24.3 Å². The minimum absolute atomic E-state index is 1.34. The first-order valence-electron chi connectivity index (χ1n) is 3.53. The van der Waals surface area contributed by atoms with Gasteiger partial charge in [-0.2, -0.15) is 11.8 Å². The maximum atomic E-state index is 2.23. The molecule has 0 aromatic heterocycles. The second kappa shape index (κ2) is 3.31. The molecule has 0 aromatic carbocycles. The molecule has 0 N–H and O–H groups in total. The molecule has 0 amide bonds. The Kier molecular flexibility index (Phi) is 2.65. The highest BCUT2D eigenvalue weighted by Gasteiger charge is 2.05. The molecular weight excluding hydrogens is 128 g/mol. The van der Waals surface area contributed by atoms with Gasteiger partial charge in [-0.3, -0.25) is 0 Å². The zero-order chi connectivity index (χ0) is 6.69. The van der Waals surface area contributed by atoms with Crippen molar-refractivity contribution in [1.82, 2.24) is 0 Å². The third kappa shape index (κ3) is 2.05. The summed E-state index contributed by atoms with van der Waals surface area (Å²) in [5.74, 6) is 2.70. The van der Waals surface area contributed by atoms with Crippen LogP contribution in [0.25, 0.3) is 0 Å². The van der Waals surface area contributed by atoms with Crippen LogP contribution in [0.3, 0.4) is 0 Å². The zero-order valence-corrected chi connectivity index (χ0v) is 7.05. The van der Waals surface area contributed by atoms with Gasteiger partial charge in [0.2, 0.25) is 0 Å². The second-order valence-corrected chi connectivity index (χ2v) is 3.94. The highest BCUT2D eigenvalue weighted by atomic mass is 32.2.